The van der Waals surface area contributed by atoms with Crippen molar-refractivity contribution >= 4 is 17.9 Å². The summed E-state index contributed by atoms with van der Waals surface area (Å²) in [6.07, 6.45) is 6.12. The summed E-state index contributed by atoms with van der Waals surface area (Å²) in [5, 5.41) is 5.51. The number of likely N-dealkylation sites (tertiary alicyclic amines) is 1. The maximum Gasteiger partial charge on any atom is 0.338 e. The van der Waals surface area contributed by atoms with Crippen molar-refractivity contribution in [1.29, 1.82) is 0 Å². The van der Waals surface area contributed by atoms with Crippen molar-refractivity contribution in [3.05, 3.63) is 35.4 Å². The molecule has 2 fully saturated rings. The van der Waals surface area contributed by atoms with E-state index in [9.17, 15) is 14.4 Å². The van der Waals surface area contributed by atoms with E-state index in [-0.39, 0.29) is 24.6 Å². The number of urea groups is 1. The predicted molar refractivity (Wildman–Crippen MR) is 114 cm³/mol. The molecule has 3 amide bonds. The summed E-state index contributed by atoms with van der Waals surface area (Å²) in [6, 6.07) is 6.67. The number of nitrogens with zero attached hydrogens (tertiary/aromatic N) is 1. The Morgan fingerprint density at radius 3 is 2.47 bits per heavy atom. The lowest BCUT2D eigenvalue weighted by Crippen LogP contribution is -2.46. The topological polar surface area (TPSA) is 87.7 Å². The van der Waals surface area contributed by atoms with Crippen molar-refractivity contribution in [3.63, 3.8) is 0 Å². The summed E-state index contributed by atoms with van der Waals surface area (Å²) in [5.74, 6) is 0.753. The second kappa shape index (κ2) is 10.5. The third kappa shape index (κ3) is 6.21. The molecule has 1 saturated carbocycles. The highest BCUT2D eigenvalue weighted by Crippen LogP contribution is 2.36. The molecular weight excluding hydrogens is 382 g/mol. The highest BCUT2D eigenvalue weighted by Gasteiger charge is 2.33. The number of hydrogen-bond donors (Lipinski definition) is 2. The van der Waals surface area contributed by atoms with Gasteiger partial charge in [-0.15, -0.1) is 0 Å². The van der Waals surface area contributed by atoms with Crippen LogP contribution in [0.3, 0.4) is 0 Å². The summed E-state index contributed by atoms with van der Waals surface area (Å²) in [6.45, 7) is 5.50. The molecule has 0 bridgehead atoms. The Hall–Kier alpha value is -2.57. The number of fused-ring (bicyclic) bond motifs is 1. The minimum Gasteiger partial charge on any atom is -0.452 e. The van der Waals surface area contributed by atoms with Gasteiger partial charge in [0.05, 0.1) is 5.56 Å². The van der Waals surface area contributed by atoms with Gasteiger partial charge in [-0.2, -0.15) is 0 Å². The van der Waals surface area contributed by atoms with Crippen molar-refractivity contribution < 1.29 is 19.1 Å². The smallest absolute Gasteiger partial charge is 0.338 e. The van der Waals surface area contributed by atoms with Gasteiger partial charge in [-0.25, -0.2) is 9.59 Å². The molecule has 164 valence electrons. The third-order valence-corrected chi connectivity index (χ3v) is 6.03. The van der Waals surface area contributed by atoms with Gasteiger partial charge in [0.1, 0.15) is 0 Å². The largest absolute Gasteiger partial charge is 0.452 e. The number of carbonyl (C=O) groups is 3. The molecule has 2 atom stereocenters. The number of amides is 3. The first-order valence-corrected chi connectivity index (χ1v) is 11.0. The molecular formula is C23H33N3O4. The highest BCUT2D eigenvalue weighted by molar-refractivity contribution is 5.91. The zero-order valence-electron chi connectivity index (χ0n) is 18.0. The molecule has 0 spiro atoms. The summed E-state index contributed by atoms with van der Waals surface area (Å²) in [7, 11) is 0. The number of esters is 1. The summed E-state index contributed by atoms with van der Waals surface area (Å²) < 4.78 is 5.25. The van der Waals surface area contributed by atoms with Crippen molar-refractivity contribution in [3.8, 4) is 0 Å². The van der Waals surface area contributed by atoms with Crippen molar-refractivity contribution in [1.82, 2.24) is 15.5 Å². The Balaban J connectivity index is 1.42. The molecule has 0 unspecified atom stereocenters. The van der Waals surface area contributed by atoms with Crippen LogP contribution in [0.4, 0.5) is 4.79 Å². The molecule has 2 N–H and O–H groups in total. The normalized spacial score (nSPS) is 21.0. The highest BCUT2D eigenvalue weighted by atomic mass is 16.5. The van der Waals surface area contributed by atoms with Crippen LogP contribution in [0.1, 0.15) is 61.9 Å². The predicted octanol–water partition coefficient (Wildman–Crippen LogP) is 3.09. The Kier molecular flexibility index (Phi) is 7.71. The molecule has 1 aliphatic heterocycles. The van der Waals surface area contributed by atoms with Gasteiger partial charge in [-0.3, -0.25) is 4.79 Å². The van der Waals surface area contributed by atoms with Crippen LogP contribution in [-0.4, -0.2) is 48.5 Å². The fourth-order valence-corrected chi connectivity index (χ4v) is 4.38. The van der Waals surface area contributed by atoms with E-state index in [2.05, 4.69) is 10.6 Å². The summed E-state index contributed by atoms with van der Waals surface area (Å²) in [4.78, 5) is 38.3. The molecule has 1 aromatic rings. The first kappa shape index (κ1) is 22.1. The van der Waals surface area contributed by atoms with Gasteiger partial charge in [-0.1, -0.05) is 31.4 Å². The maximum atomic E-state index is 12.5. The third-order valence-electron chi connectivity index (χ3n) is 6.03. The summed E-state index contributed by atoms with van der Waals surface area (Å²) in [5.41, 5.74) is 1.26. The number of piperidine rings is 1. The Bertz CT molecular complexity index is 747. The zero-order chi connectivity index (χ0) is 21.5. The summed E-state index contributed by atoms with van der Waals surface area (Å²) >= 11 is 0. The first-order chi connectivity index (χ1) is 14.4. The SMILES string of the molecule is CC(C)NC(=O)NCc1ccc(C(=O)OCC(=O)N2CC[C@@H]3CCCC[C@H]3C2)cc1. The molecule has 1 aliphatic carbocycles. The average Bonchev–Trinajstić information content (AvgIpc) is 2.75. The first-order valence-electron chi connectivity index (χ1n) is 11.0. The van der Waals surface area contributed by atoms with Gasteiger partial charge in [-0.05, 0) is 56.2 Å². The molecule has 1 aromatic carbocycles. The Morgan fingerprint density at radius 1 is 1.07 bits per heavy atom. The fourth-order valence-electron chi connectivity index (χ4n) is 4.38. The molecule has 0 aromatic heterocycles. The van der Waals surface area contributed by atoms with Gasteiger partial charge in [0.25, 0.3) is 5.91 Å². The van der Waals surface area contributed by atoms with Crippen molar-refractivity contribution in [2.24, 2.45) is 11.8 Å². The van der Waals surface area contributed by atoms with Crippen molar-refractivity contribution in [2.45, 2.75) is 58.5 Å². The Morgan fingerprint density at radius 2 is 1.77 bits per heavy atom. The standard InChI is InChI=1S/C23H33N3O4/c1-16(2)25-23(29)24-13-17-7-9-19(10-8-17)22(28)30-15-21(27)26-12-11-18-5-3-4-6-20(18)14-26/h7-10,16,18,20H,3-6,11-15H2,1-2H3,(H2,24,25,29)/t18-,20-/m0/s1. The van der Waals surface area contributed by atoms with E-state index in [1.165, 1.54) is 25.7 Å². The average molecular weight is 416 g/mol. The molecule has 1 saturated heterocycles. The van der Waals surface area contributed by atoms with Gasteiger partial charge in [0, 0.05) is 25.7 Å². The minimum absolute atomic E-state index is 0.0684. The number of carbonyl (C=O) groups excluding carboxylic acids is 3. The van der Waals surface area contributed by atoms with Gasteiger partial charge >= 0.3 is 12.0 Å². The van der Waals surface area contributed by atoms with E-state index in [1.807, 2.05) is 18.7 Å². The molecule has 7 heteroatoms. The second-order valence-corrected chi connectivity index (χ2v) is 8.69. The quantitative estimate of drug-likeness (QED) is 0.699. The van der Waals surface area contributed by atoms with Crippen LogP contribution >= 0.6 is 0 Å². The lowest BCUT2D eigenvalue weighted by atomic mass is 9.75. The van der Waals surface area contributed by atoms with E-state index in [0.717, 1.165) is 31.0 Å². The Labute approximate surface area is 178 Å². The number of rotatable bonds is 6. The van der Waals surface area contributed by atoms with Crippen molar-refractivity contribution in [2.75, 3.05) is 19.7 Å². The lowest BCUT2D eigenvalue weighted by molar-refractivity contribution is -0.137. The van der Waals surface area contributed by atoms with Crippen LogP contribution in [-0.2, 0) is 16.1 Å². The number of hydrogen-bond acceptors (Lipinski definition) is 4. The van der Waals surface area contributed by atoms with Gasteiger partial charge in [0.15, 0.2) is 6.61 Å². The van der Waals surface area contributed by atoms with Crippen LogP contribution in [0.2, 0.25) is 0 Å². The molecule has 3 rings (SSSR count). The lowest BCUT2D eigenvalue weighted by Gasteiger charge is -2.41. The van der Waals surface area contributed by atoms with E-state index in [1.54, 1.807) is 24.3 Å². The molecule has 7 nitrogen and oxygen atoms in total. The van der Waals surface area contributed by atoms with E-state index >= 15 is 0 Å². The molecule has 2 aliphatic rings. The van der Waals surface area contributed by atoms with E-state index in [0.29, 0.717) is 18.0 Å². The number of benzene rings is 1. The van der Waals surface area contributed by atoms with Crippen LogP contribution in [0.5, 0.6) is 0 Å². The molecule has 0 radical (unpaired) electrons. The second-order valence-electron chi connectivity index (χ2n) is 8.69. The van der Waals surface area contributed by atoms with Gasteiger partial charge < -0.3 is 20.3 Å². The van der Waals surface area contributed by atoms with Crippen LogP contribution in [0, 0.1) is 11.8 Å². The van der Waals surface area contributed by atoms with Gasteiger partial charge in [0.2, 0.25) is 0 Å². The number of nitrogens with one attached hydrogen (secondary N) is 2. The monoisotopic (exact) mass is 415 g/mol. The fraction of sp³-hybridized carbons (Fsp3) is 0.609. The van der Waals surface area contributed by atoms with E-state index in [4.69, 9.17) is 4.74 Å². The molecule has 1 heterocycles. The maximum absolute atomic E-state index is 12.5. The zero-order valence-corrected chi connectivity index (χ0v) is 18.0. The van der Waals surface area contributed by atoms with E-state index < -0.39 is 5.97 Å². The number of ether oxygens (including phenoxy) is 1. The van der Waals surface area contributed by atoms with Crippen LogP contribution < -0.4 is 10.6 Å². The van der Waals surface area contributed by atoms with Crippen LogP contribution in [0.25, 0.3) is 0 Å². The molecule has 30 heavy (non-hydrogen) atoms. The van der Waals surface area contributed by atoms with Crippen LogP contribution in [0.15, 0.2) is 24.3 Å². The minimum atomic E-state index is -0.507.